The van der Waals surface area contributed by atoms with Gasteiger partial charge in [0.05, 0.1) is 6.04 Å². The topological polar surface area (TPSA) is 39.9 Å². The normalized spacial score (nSPS) is 25.3. The molecule has 2 heterocycles. The third-order valence-electron chi connectivity index (χ3n) is 2.04. The van der Waals surface area contributed by atoms with Crippen molar-refractivity contribution >= 4 is 0 Å². The maximum absolute atomic E-state index is 3.43. The molecule has 3 N–H and O–H groups in total. The van der Waals surface area contributed by atoms with Crippen LogP contribution >= 0.6 is 0 Å². The zero-order chi connectivity index (χ0) is 7.52. The maximum atomic E-state index is 3.43. The lowest BCUT2D eigenvalue weighted by Gasteiger charge is -2.23. The lowest BCUT2D eigenvalue weighted by molar-refractivity contribution is 0.424. The number of piperazine rings is 1. The molecule has 1 saturated heterocycles. The number of nitrogens with one attached hydrogen (secondary N) is 3. The van der Waals surface area contributed by atoms with E-state index in [9.17, 15) is 0 Å². The van der Waals surface area contributed by atoms with Crippen LogP contribution in [-0.2, 0) is 0 Å². The minimum atomic E-state index is 0.471. The van der Waals surface area contributed by atoms with Gasteiger partial charge in [-0.3, -0.25) is 0 Å². The second-order valence-electron chi connectivity index (χ2n) is 2.84. The highest BCUT2D eigenvalue weighted by Crippen LogP contribution is 2.09. The Morgan fingerprint density at radius 3 is 3.00 bits per heavy atom. The van der Waals surface area contributed by atoms with E-state index >= 15 is 0 Å². The maximum Gasteiger partial charge on any atom is 0.0599 e. The molecule has 3 nitrogen and oxygen atoms in total. The highest BCUT2D eigenvalue weighted by Gasteiger charge is 2.13. The van der Waals surface area contributed by atoms with E-state index in [1.165, 1.54) is 5.69 Å². The summed E-state index contributed by atoms with van der Waals surface area (Å²) >= 11 is 0. The van der Waals surface area contributed by atoms with Gasteiger partial charge in [-0.1, -0.05) is 0 Å². The van der Waals surface area contributed by atoms with E-state index in [0.717, 1.165) is 19.6 Å². The van der Waals surface area contributed by atoms with E-state index in [0.29, 0.717) is 6.04 Å². The van der Waals surface area contributed by atoms with Gasteiger partial charge >= 0.3 is 0 Å². The Balaban J connectivity index is 2.04. The highest BCUT2D eigenvalue weighted by atomic mass is 15.1. The monoisotopic (exact) mass is 151 g/mol. The molecule has 1 aromatic heterocycles. The average molecular weight is 151 g/mol. The van der Waals surface area contributed by atoms with Crippen LogP contribution in [0, 0.1) is 0 Å². The molecule has 1 aliphatic rings. The van der Waals surface area contributed by atoms with Crippen LogP contribution in [0.15, 0.2) is 18.3 Å². The number of aromatic nitrogens is 1. The van der Waals surface area contributed by atoms with Crippen LogP contribution in [0.5, 0.6) is 0 Å². The highest BCUT2D eigenvalue weighted by molar-refractivity contribution is 5.10. The zero-order valence-electron chi connectivity index (χ0n) is 6.43. The Morgan fingerprint density at radius 2 is 2.36 bits per heavy atom. The molecule has 2 rings (SSSR count). The van der Waals surface area contributed by atoms with E-state index in [1.54, 1.807) is 0 Å². The molecule has 1 atom stereocenters. The first-order valence-corrected chi connectivity index (χ1v) is 4.04. The molecule has 3 heteroatoms. The summed E-state index contributed by atoms with van der Waals surface area (Å²) in [5.41, 5.74) is 1.28. The molecule has 0 radical (unpaired) electrons. The fraction of sp³-hybridized carbons (Fsp3) is 0.500. The molecule has 0 bridgehead atoms. The predicted molar refractivity (Wildman–Crippen MR) is 44.4 cm³/mol. The van der Waals surface area contributed by atoms with Crippen LogP contribution in [0.3, 0.4) is 0 Å². The summed E-state index contributed by atoms with van der Waals surface area (Å²) in [6, 6.07) is 4.62. The van der Waals surface area contributed by atoms with Gasteiger partial charge in [-0.25, -0.2) is 0 Å². The van der Waals surface area contributed by atoms with E-state index in [1.807, 2.05) is 12.3 Å². The molecule has 0 aliphatic carbocycles. The molecule has 1 aliphatic heterocycles. The van der Waals surface area contributed by atoms with Gasteiger partial charge in [0.1, 0.15) is 0 Å². The Morgan fingerprint density at radius 1 is 1.36 bits per heavy atom. The SMILES string of the molecule is c1c[nH]c([C@@H]2CNCCN2)c1. The molecule has 0 saturated carbocycles. The van der Waals surface area contributed by atoms with Crippen molar-refractivity contribution in [2.24, 2.45) is 0 Å². The number of aromatic amines is 1. The number of rotatable bonds is 1. The Kier molecular flexibility index (Phi) is 1.92. The lowest BCUT2D eigenvalue weighted by Crippen LogP contribution is -2.42. The van der Waals surface area contributed by atoms with Gasteiger partial charge in [0.15, 0.2) is 0 Å². The van der Waals surface area contributed by atoms with E-state index < -0.39 is 0 Å². The molecule has 1 fully saturated rings. The molecule has 60 valence electrons. The Hall–Kier alpha value is -0.800. The van der Waals surface area contributed by atoms with Crippen molar-refractivity contribution in [2.75, 3.05) is 19.6 Å². The van der Waals surface area contributed by atoms with Crippen LogP contribution in [0.2, 0.25) is 0 Å². The Bertz CT molecular complexity index is 199. The van der Waals surface area contributed by atoms with Crippen molar-refractivity contribution in [1.82, 2.24) is 15.6 Å². The summed E-state index contributed by atoms with van der Waals surface area (Å²) < 4.78 is 0. The van der Waals surface area contributed by atoms with E-state index in [2.05, 4.69) is 21.7 Å². The summed E-state index contributed by atoms with van der Waals surface area (Å²) in [5.74, 6) is 0. The standard InChI is InChI=1S/C8H13N3/c1-2-7(10-3-1)8-6-9-4-5-11-8/h1-3,8-11H,4-6H2/t8-/m0/s1. The van der Waals surface area contributed by atoms with Gasteiger partial charge in [-0.2, -0.15) is 0 Å². The van der Waals surface area contributed by atoms with Crippen molar-refractivity contribution in [1.29, 1.82) is 0 Å². The second kappa shape index (κ2) is 3.07. The van der Waals surface area contributed by atoms with Crippen molar-refractivity contribution in [3.8, 4) is 0 Å². The first-order valence-electron chi connectivity index (χ1n) is 4.04. The fourth-order valence-electron chi connectivity index (χ4n) is 1.43. The number of hydrogen-bond donors (Lipinski definition) is 3. The number of H-pyrrole nitrogens is 1. The van der Waals surface area contributed by atoms with E-state index in [4.69, 9.17) is 0 Å². The van der Waals surface area contributed by atoms with Gasteiger partial charge in [0.2, 0.25) is 0 Å². The average Bonchev–Trinajstić information content (AvgIpc) is 2.58. The van der Waals surface area contributed by atoms with Gasteiger partial charge in [-0.05, 0) is 12.1 Å². The first kappa shape index (κ1) is 6.88. The van der Waals surface area contributed by atoms with Crippen molar-refractivity contribution in [2.45, 2.75) is 6.04 Å². The van der Waals surface area contributed by atoms with Crippen LogP contribution < -0.4 is 10.6 Å². The van der Waals surface area contributed by atoms with Crippen LogP contribution in [0.1, 0.15) is 11.7 Å². The molecule has 0 unspecified atom stereocenters. The smallest absolute Gasteiger partial charge is 0.0599 e. The summed E-state index contributed by atoms with van der Waals surface area (Å²) in [7, 11) is 0. The van der Waals surface area contributed by atoms with Crippen molar-refractivity contribution in [3.05, 3.63) is 24.0 Å². The van der Waals surface area contributed by atoms with Gasteiger partial charge in [0, 0.05) is 31.5 Å². The third kappa shape index (κ3) is 1.44. The summed E-state index contributed by atoms with van der Waals surface area (Å²) in [6.45, 7) is 3.17. The second-order valence-corrected chi connectivity index (χ2v) is 2.84. The van der Waals surface area contributed by atoms with Crippen LogP contribution in [-0.4, -0.2) is 24.6 Å². The van der Waals surface area contributed by atoms with Crippen LogP contribution in [0.4, 0.5) is 0 Å². The zero-order valence-corrected chi connectivity index (χ0v) is 6.43. The fourth-order valence-corrected chi connectivity index (χ4v) is 1.43. The summed E-state index contributed by atoms with van der Waals surface area (Å²) in [6.07, 6.45) is 1.96. The molecule has 1 aromatic rings. The molecular formula is C8H13N3. The molecular weight excluding hydrogens is 138 g/mol. The van der Waals surface area contributed by atoms with Crippen LogP contribution in [0.25, 0.3) is 0 Å². The molecule has 0 spiro atoms. The van der Waals surface area contributed by atoms with Gasteiger partial charge in [0.25, 0.3) is 0 Å². The molecule has 0 aromatic carbocycles. The number of hydrogen-bond acceptors (Lipinski definition) is 2. The van der Waals surface area contributed by atoms with Gasteiger partial charge < -0.3 is 15.6 Å². The lowest BCUT2D eigenvalue weighted by atomic mass is 10.2. The van der Waals surface area contributed by atoms with E-state index in [-0.39, 0.29) is 0 Å². The van der Waals surface area contributed by atoms with Crippen molar-refractivity contribution in [3.63, 3.8) is 0 Å². The summed E-state index contributed by atoms with van der Waals surface area (Å²) in [4.78, 5) is 3.20. The largest absolute Gasteiger partial charge is 0.364 e. The van der Waals surface area contributed by atoms with Gasteiger partial charge in [-0.15, -0.1) is 0 Å². The molecule has 11 heavy (non-hydrogen) atoms. The third-order valence-corrected chi connectivity index (χ3v) is 2.04. The minimum Gasteiger partial charge on any atom is -0.364 e. The van der Waals surface area contributed by atoms with Crippen molar-refractivity contribution < 1.29 is 0 Å². The summed E-state index contributed by atoms with van der Waals surface area (Å²) in [5, 5.41) is 6.77. The molecule has 0 amide bonds. The quantitative estimate of drug-likeness (QED) is 0.538. The predicted octanol–water partition coefficient (Wildman–Crippen LogP) is 0.249. The minimum absolute atomic E-state index is 0.471. The first-order chi connectivity index (χ1) is 5.47. The Labute approximate surface area is 66.2 Å².